The molecule has 0 aliphatic heterocycles. The molecule has 166 valence electrons. The van der Waals surface area contributed by atoms with E-state index in [0.717, 1.165) is 16.1 Å². The Morgan fingerprint density at radius 2 is 1.67 bits per heavy atom. The largest absolute Gasteiger partial charge is 0.493 e. The quantitative estimate of drug-likeness (QED) is 0.431. The van der Waals surface area contributed by atoms with Gasteiger partial charge in [-0.1, -0.05) is 46.3 Å². The summed E-state index contributed by atoms with van der Waals surface area (Å²) in [4.78, 5) is 0. The third-order valence-electron chi connectivity index (χ3n) is 4.29. The Balaban J connectivity index is 0.00000450. The van der Waals surface area contributed by atoms with Crippen LogP contribution in [0.4, 0.5) is 13.2 Å². The van der Waals surface area contributed by atoms with Crippen LogP contribution in [0.2, 0.25) is 0 Å². The van der Waals surface area contributed by atoms with Crippen molar-refractivity contribution in [2.75, 3.05) is 19.8 Å². The molecule has 0 saturated carbocycles. The molecule has 4 nitrogen and oxygen atoms in total. The minimum atomic E-state index is -4.58. The highest BCUT2D eigenvalue weighted by molar-refractivity contribution is 9.10. The van der Waals surface area contributed by atoms with Gasteiger partial charge in [0, 0.05) is 4.47 Å². The molecule has 0 atom stereocenters. The highest BCUT2D eigenvalue weighted by Crippen LogP contribution is 2.37. The summed E-state index contributed by atoms with van der Waals surface area (Å²) in [5.74, 6) is -0.242. The molecule has 0 aromatic heterocycles. The summed E-state index contributed by atoms with van der Waals surface area (Å²) >= 11 is 3.35. The van der Waals surface area contributed by atoms with E-state index in [1.54, 1.807) is 0 Å². The number of aliphatic hydroxyl groups excluding tert-OH is 2. The number of alkyl halides is 3. The molecule has 0 saturated heterocycles. The zero-order chi connectivity index (χ0) is 21.5. The van der Waals surface area contributed by atoms with Gasteiger partial charge in [0.1, 0.15) is 5.75 Å². The van der Waals surface area contributed by atoms with Crippen LogP contribution in [0.5, 0.6) is 5.75 Å². The number of hydrogen-bond donors (Lipinski definition) is 3. The molecule has 0 heterocycles. The number of benzene rings is 2. The highest BCUT2D eigenvalue weighted by atomic mass is 79.9. The van der Waals surface area contributed by atoms with E-state index in [2.05, 4.69) is 15.9 Å². The van der Waals surface area contributed by atoms with Crippen molar-refractivity contribution in [1.82, 2.24) is 0 Å². The summed E-state index contributed by atoms with van der Waals surface area (Å²) in [5.41, 5.74) is 4.71. The lowest BCUT2D eigenvalue weighted by molar-refractivity contribution is -0.139. The van der Waals surface area contributed by atoms with Crippen molar-refractivity contribution in [3.8, 4) is 5.75 Å². The van der Waals surface area contributed by atoms with Gasteiger partial charge in [-0.3, -0.25) is 0 Å². The van der Waals surface area contributed by atoms with Crippen LogP contribution in [-0.4, -0.2) is 35.6 Å². The zero-order valence-electron chi connectivity index (χ0n) is 16.0. The first-order valence-corrected chi connectivity index (χ1v) is 9.74. The number of halogens is 5. The van der Waals surface area contributed by atoms with Crippen molar-refractivity contribution in [3.05, 3.63) is 69.7 Å². The fraction of sp³-hybridized carbons (Fsp3) is 0.333. The van der Waals surface area contributed by atoms with Gasteiger partial charge in [-0.05, 0) is 48.2 Å². The molecule has 0 fully saturated rings. The molecule has 0 unspecified atom stereocenters. The van der Waals surface area contributed by atoms with Crippen LogP contribution in [0.1, 0.15) is 23.1 Å². The zero-order valence-corrected chi connectivity index (χ0v) is 18.4. The average Bonchev–Trinajstić information content (AvgIpc) is 2.70. The molecule has 2 aromatic rings. The SMILES string of the molecule is Cl.NC(/C=C/c1ccc(OCCCc2ccc(Br)cc2)c(C(F)(F)F)c1)(CO)CO. The molecule has 0 spiro atoms. The second-order valence-corrected chi connectivity index (χ2v) is 7.63. The predicted octanol–water partition coefficient (Wildman–Crippen LogP) is 4.60. The molecular weight excluding hydrogens is 487 g/mol. The third-order valence-corrected chi connectivity index (χ3v) is 4.81. The Labute approximate surface area is 188 Å². The molecule has 30 heavy (non-hydrogen) atoms. The Kier molecular flexibility index (Phi) is 10.3. The fourth-order valence-electron chi connectivity index (χ4n) is 2.53. The van der Waals surface area contributed by atoms with Gasteiger partial charge in [0.2, 0.25) is 0 Å². The second-order valence-electron chi connectivity index (χ2n) is 6.71. The van der Waals surface area contributed by atoms with Gasteiger partial charge in [-0.15, -0.1) is 12.4 Å². The van der Waals surface area contributed by atoms with Gasteiger partial charge in [-0.25, -0.2) is 0 Å². The predicted molar refractivity (Wildman–Crippen MR) is 117 cm³/mol. The maximum absolute atomic E-state index is 13.4. The topological polar surface area (TPSA) is 75.7 Å². The Hall–Kier alpha value is -1.58. The molecule has 4 N–H and O–H groups in total. The molecular formula is C21H24BrClF3NO3. The van der Waals surface area contributed by atoms with Crippen molar-refractivity contribution in [2.24, 2.45) is 5.73 Å². The first kappa shape index (κ1) is 26.5. The molecule has 2 aromatic carbocycles. The molecule has 0 amide bonds. The fourth-order valence-corrected chi connectivity index (χ4v) is 2.79. The van der Waals surface area contributed by atoms with Crippen LogP contribution in [-0.2, 0) is 12.6 Å². The third kappa shape index (κ3) is 7.92. The summed E-state index contributed by atoms with van der Waals surface area (Å²) in [6.45, 7) is -0.924. The van der Waals surface area contributed by atoms with Gasteiger partial charge < -0.3 is 20.7 Å². The van der Waals surface area contributed by atoms with Crippen LogP contribution in [0.15, 0.2) is 53.0 Å². The van der Waals surface area contributed by atoms with Gasteiger partial charge in [0.05, 0.1) is 30.9 Å². The number of ether oxygens (including phenoxy) is 1. The van der Waals surface area contributed by atoms with Crippen molar-refractivity contribution >= 4 is 34.4 Å². The Bertz CT molecular complexity index is 825. The highest BCUT2D eigenvalue weighted by Gasteiger charge is 2.34. The van der Waals surface area contributed by atoms with Crippen LogP contribution < -0.4 is 10.5 Å². The lowest BCUT2D eigenvalue weighted by Gasteiger charge is -2.20. The summed E-state index contributed by atoms with van der Waals surface area (Å²) < 4.78 is 46.7. The van der Waals surface area contributed by atoms with Crippen LogP contribution in [0.3, 0.4) is 0 Å². The Morgan fingerprint density at radius 1 is 1.03 bits per heavy atom. The minimum absolute atomic E-state index is 0. The van der Waals surface area contributed by atoms with E-state index in [0.29, 0.717) is 12.8 Å². The van der Waals surface area contributed by atoms with E-state index in [-0.39, 0.29) is 30.3 Å². The molecule has 0 radical (unpaired) electrons. The van der Waals surface area contributed by atoms with E-state index in [1.807, 2.05) is 24.3 Å². The normalized spacial score (nSPS) is 12.1. The summed E-state index contributed by atoms with van der Waals surface area (Å²) in [6, 6.07) is 11.4. The maximum Gasteiger partial charge on any atom is 0.419 e. The van der Waals surface area contributed by atoms with E-state index >= 15 is 0 Å². The summed E-state index contributed by atoms with van der Waals surface area (Å²) in [6.07, 6.45) is -0.710. The minimum Gasteiger partial charge on any atom is -0.493 e. The molecule has 2 rings (SSSR count). The smallest absolute Gasteiger partial charge is 0.419 e. The second kappa shape index (κ2) is 11.7. The van der Waals surface area contributed by atoms with E-state index in [1.165, 1.54) is 24.3 Å². The summed E-state index contributed by atoms with van der Waals surface area (Å²) in [5, 5.41) is 18.3. The van der Waals surface area contributed by atoms with Gasteiger partial charge in [0.25, 0.3) is 0 Å². The van der Waals surface area contributed by atoms with Crippen LogP contribution in [0, 0.1) is 0 Å². The number of aryl methyl sites for hydroxylation is 1. The van der Waals surface area contributed by atoms with Crippen molar-refractivity contribution < 1.29 is 28.1 Å². The van der Waals surface area contributed by atoms with E-state index in [9.17, 15) is 13.2 Å². The first-order chi connectivity index (χ1) is 13.7. The van der Waals surface area contributed by atoms with Crippen LogP contribution >= 0.6 is 28.3 Å². The first-order valence-electron chi connectivity index (χ1n) is 8.95. The van der Waals surface area contributed by atoms with E-state index in [4.69, 9.17) is 20.7 Å². The van der Waals surface area contributed by atoms with E-state index < -0.39 is 30.5 Å². The lowest BCUT2D eigenvalue weighted by atomic mass is 10.0. The Morgan fingerprint density at radius 3 is 2.23 bits per heavy atom. The van der Waals surface area contributed by atoms with Gasteiger partial charge in [-0.2, -0.15) is 13.2 Å². The van der Waals surface area contributed by atoms with Crippen molar-refractivity contribution in [2.45, 2.75) is 24.6 Å². The van der Waals surface area contributed by atoms with Crippen molar-refractivity contribution in [3.63, 3.8) is 0 Å². The molecule has 0 aliphatic carbocycles. The van der Waals surface area contributed by atoms with Gasteiger partial charge >= 0.3 is 6.18 Å². The number of nitrogens with two attached hydrogens (primary N) is 1. The lowest BCUT2D eigenvalue weighted by Crippen LogP contribution is -2.45. The number of rotatable bonds is 9. The van der Waals surface area contributed by atoms with Crippen molar-refractivity contribution in [1.29, 1.82) is 0 Å². The number of hydrogen-bond acceptors (Lipinski definition) is 4. The average molecular weight is 511 g/mol. The molecule has 0 aliphatic rings. The number of aliphatic hydroxyl groups is 2. The summed E-state index contributed by atoms with van der Waals surface area (Å²) in [7, 11) is 0. The monoisotopic (exact) mass is 509 g/mol. The molecule has 9 heteroatoms. The standard InChI is InChI=1S/C21H23BrF3NO3.ClH/c22-17-6-3-15(4-7-17)2-1-11-29-19-8-5-16(12-18(19)21(23,24)25)9-10-20(26,13-27)14-28;/h3-10,12,27-28H,1-2,11,13-14,26H2;1H/b10-9+;. The maximum atomic E-state index is 13.4. The molecule has 0 bridgehead atoms. The van der Waals surface area contributed by atoms with Crippen LogP contribution in [0.25, 0.3) is 6.08 Å². The van der Waals surface area contributed by atoms with Gasteiger partial charge in [0.15, 0.2) is 0 Å².